The van der Waals surface area contributed by atoms with Crippen molar-refractivity contribution < 1.29 is 4.74 Å². The van der Waals surface area contributed by atoms with Gasteiger partial charge in [0, 0.05) is 51.5 Å². The van der Waals surface area contributed by atoms with Crippen molar-refractivity contribution in [2.45, 2.75) is 19.8 Å². The molecule has 26 heavy (non-hydrogen) atoms. The monoisotopic (exact) mass is 352 g/mol. The maximum absolute atomic E-state index is 5.48. The van der Waals surface area contributed by atoms with Crippen LogP contribution in [0, 0.1) is 12.8 Å². The summed E-state index contributed by atoms with van der Waals surface area (Å²) in [6.07, 6.45) is 2.42. The molecule has 0 atom stereocenters. The number of piperazine rings is 1. The van der Waals surface area contributed by atoms with Gasteiger partial charge in [0.2, 0.25) is 0 Å². The Bertz CT molecular complexity index is 707. The average Bonchev–Trinajstić information content (AvgIpc) is 2.70. The summed E-state index contributed by atoms with van der Waals surface area (Å²) in [6, 6.07) is 12.7. The van der Waals surface area contributed by atoms with Crippen LogP contribution in [0.15, 0.2) is 36.4 Å². The molecule has 3 heterocycles. The van der Waals surface area contributed by atoms with Crippen molar-refractivity contribution in [3.63, 3.8) is 0 Å². The lowest BCUT2D eigenvalue weighted by atomic mass is 9.99. The minimum absolute atomic E-state index is 0.805. The summed E-state index contributed by atoms with van der Waals surface area (Å²) in [6.45, 7) is 9.38. The van der Waals surface area contributed by atoms with Gasteiger partial charge in [0.05, 0.1) is 5.69 Å². The Kier molecular flexibility index (Phi) is 5.46. The molecule has 0 aliphatic carbocycles. The lowest BCUT2D eigenvalue weighted by molar-refractivity contribution is 0.0517. The van der Waals surface area contributed by atoms with E-state index in [-0.39, 0.29) is 0 Å². The van der Waals surface area contributed by atoms with Crippen LogP contribution in [0.2, 0.25) is 0 Å². The van der Waals surface area contributed by atoms with Gasteiger partial charge in [-0.1, -0.05) is 30.3 Å². The first-order valence-electron chi connectivity index (χ1n) is 9.74. The van der Waals surface area contributed by atoms with Crippen molar-refractivity contribution >= 4 is 5.82 Å². The Morgan fingerprint density at radius 3 is 2.46 bits per heavy atom. The minimum Gasteiger partial charge on any atom is -0.381 e. The summed E-state index contributed by atoms with van der Waals surface area (Å²) in [5.41, 5.74) is 3.37. The van der Waals surface area contributed by atoms with E-state index in [0.717, 1.165) is 56.8 Å². The normalized spacial score (nSPS) is 19.7. The number of anilines is 1. The SMILES string of the molecule is Cc1nnc(N2CCN(CC3CCOCC3)CC2)cc1-c1ccccc1. The quantitative estimate of drug-likeness (QED) is 0.846. The smallest absolute Gasteiger partial charge is 0.151 e. The molecule has 0 unspecified atom stereocenters. The second-order valence-electron chi connectivity index (χ2n) is 7.41. The van der Waals surface area contributed by atoms with Gasteiger partial charge in [-0.2, -0.15) is 5.10 Å². The lowest BCUT2D eigenvalue weighted by Crippen LogP contribution is -2.48. The number of aromatic nitrogens is 2. The van der Waals surface area contributed by atoms with Crippen LogP contribution >= 0.6 is 0 Å². The Morgan fingerprint density at radius 2 is 1.73 bits per heavy atom. The maximum atomic E-state index is 5.48. The third kappa shape index (κ3) is 4.05. The molecule has 2 fully saturated rings. The maximum Gasteiger partial charge on any atom is 0.151 e. The molecule has 0 amide bonds. The molecule has 0 spiro atoms. The zero-order valence-electron chi connectivity index (χ0n) is 15.6. The molecule has 0 radical (unpaired) electrons. The van der Waals surface area contributed by atoms with Crippen LogP contribution in [-0.4, -0.2) is 61.0 Å². The first kappa shape index (κ1) is 17.4. The second-order valence-corrected chi connectivity index (χ2v) is 7.41. The van der Waals surface area contributed by atoms with Crippen LogP contribution in [0.1, 0.15) is 18.5 Å². The molecule has 0 N–H and O–H groups in total. The molecule has 1 aromatic heterocycles. The zero-order valence-corrected chi connectivity index (χ0v) is 15.6. The fourth-order valence-corrected chi connectivity index (χ4v) is 3.96. The molecule has 1 aromatic carbocycles. The Balaban J connectivity index is 1.40. The summed E-state index contributed by atoms with van der Waals surface area (Å²) in [5, 5.41) is 8.89. The van der Waals surface area contributed by atoms with Crippen LogP contribution in [0.4, 0.5) is 5.82 Å². The van der Waals surface area contributed by atoms with E-state index in [2.05, 4.69) is 50.3 Å². The van der Waals surface area contributed by atoms with E-state index in [4.69, 9.17) is 4.74 Å². The van der Waals surface area contributed by atoms with Gasteiger partial charge in [0.25, 0.3) is 0 Å². The molecule has 0 saturated carbocycles. The number of aryl methyl sites for hydroxylation is 1. The van der Waals surface area contributed by atoms with Crippen molar-refractivity contribution in [3.8, 4) is 11.1 Å². The Hall–Kier alpha value is -1.98. The summed E-state index contributed by atoms with van der Waals surface area (Å²) >= 11 is 0. The molecule has 2 aliphatic rings. The van der Waals surface area contributed by atoms with E-state index >= 15 is 0 Å². The van der Waals surface area contributed by atoms with Crippen LogP contribution in [0.25, 0.3) is 11.1 Å². The highest BCUT2D eigenvalue weighted by molar-refractivity contribution is 5.68. The molecule has 2 aliphatic heterocycles. The van der Waals surface area contributed by atoms with Gasteiger partial charge in [0.15, 0.2) is 5.82 Å². The van der Waals surface area contributed by atoms with Crippen molar-refractivity contribution in [3.05, 3.63) is 42.1 Å². The highest BCUT2D eigenvalue weighted by atomic mass is 16.5. The molecular weight excluding hydrogens is 324 g/mol. The number of hydrogen-bond acceptors (Lipinski definition) is 5. The molecule has 138 valence electrons. The molecular formula is C21H28N4O. The van der Waals surface area contributed by atoms with Crippen molar-refractivity contribution in [1.29, 1.82) is 0 Å². The largest absolute Gasteiger partial charge is 0.381 e. The predicted molar refractivity (Wildman–Crippen MR) is 104 cm³/mol. The Labute approximate surface area is 156 Å². The van der Waals surface area contributed by atoms with Crippen molar-refractivity contribution in [2.75, 3.05) is 50.8 Å². The van der Waals surface area contributed by atoms with Crippen LogP contribution in [0.5, 0.6) is 0 Å². The number of hydrogen-bond donors (Lipinski definition) is 0. The summed E-state index contributed by atoms with van der Waals surface area (Å²) in [4.78, 5) is 4.98. The van der Waals surface area contributed by atoms with Gasteiger partial charge >= 0.3 is 0 Å². The number of benzene rings is 1. The zero-order chi connectivity index (χ0) is 17.8. The summed E-state index contributed by atoms with van der Waals surface area (Å²) in [5.74, 6) is 1.80. The molecule has 5 heteroatoms. The fourth-order valence-electron chi connectivity index (χ4n) is 3.96. The molecule has 2 aromatic rings. The van der Waals surface area contributed by atoms with E-state index in [1.165, 1.54) is 30.5 Å². The predicted octanol–water partition coefficient (Wildman–Crippen LogP) is 3.00. The second kappa shape index (κ2) is 8.14. The van der Waals surface area contributed by atoms with E-state index in [0.29, 0.717) is 0 Å². The number of nitrogens with zero attached hydrogens (tertiary/aromatic N) is 4. The van der Waals surface area contributed by atoms with Crippen LogP contribution in [0.3, 0.4) is 0 Å². The Morgan fingerprint density at radius 1 is 1.00 bits per heavy atom. The molecule has 5 nitrogen and oxygen atoms in total. The molecule has 4 rings (SSSR count). The fraction of sp³-hybridized carbons (Fsp3) is 0.524. The van der Waals surface area contributed by atoms with E-state index in [1.807, 2.05) is 13.0 Å². The number of ether oxygens (including phenoxy) is 1. The van der Waals surface area contributed by atoms with E-state index < -0.39 is 0 Å². The van der Waals surface area contributed by atoms with Gasteiger partial charge in [-0.25, -0.2) is 0 Å². The van der Waals surface area contributed by atoms with Gasteiger partial charge in [-0.15, -0.1) is 5.10 Å². The lowest BCUT2D eigenvalue weighted by Gasteiger charge is -2.37. The molecule has 0 bridgehead atoms. The van der Waals surface area contributed by atoms with Gasteiger partial charge in [-0.05, 0) is 37.3 Å². The number of rotatable bonds is 4. The third-order valence-corrected chi connectivity index (χ3v) is 5.60. The van der Waals surface area contributed by atoms with E-state index in [9.17, 15) is 0 Å². The van der Waals surface area contributed by atoms with Gasteiger partial charge in [0.1, 0.15) is 0 Å². The van der Waals surface area contributed by atoms with Crippen LogP contribution in [-0.2, 0) is 4.74 Å². The molecule has 2 saturated heterocycles. The third-order valence-electron chi connectivity index (χ3n) is 5.60. The van der Waals surface area contributed by atoms with Crippen molar-refractivity contribution in [2.24, 2.45) is 5.92 Å². The van der Waals surface area contributed by atoms with Gasteiger partial charge in [-0.3, -0.25) is 4.90 Å². The first-order valence-corrected chi connectivity index (χ1v) is 9.74. The highest BCUT2D eigenvalue weighted by Gasteiger charge is 2.23. The van der Waals surface area contributed by atoms with Gasteiger partial charge < -0.3 is 9.64 Å². The average molecular weight is 352 g/mol. The summed E-state index contributed by atoms with van der Waals surface area (Å²) < 4.78 is 5.48. The first-order chi connectivity index (χ1) is 12.8. The van der Waals surface area contributed by atoms with E-state index in [1.54, 1.807) is 0 Å². The topological polar surface area (TPSA) is 41.5 Å². The highest BCUT2D eigenvalue weighted by Crippen LogP contribution is 2.26. The standard InChI is InChI=1S/C21H28N4O/c1-17-20(19-5-3-2-4-6-19)15-21(23-22-17)25-11-9-24(10-12-25)16-18-7-13-26-14-8-18/h2-6,15,18H,7-14,16H2,1H3. The van der Waals surface area contributed by atoms with Crippen molar-refractivity contribution in [1.82, 2.24) is 15.1 Å². The van der Waals surface area contributed by atoms with Crippen LogP contribution < -0.4 is 4.90 Å². The minimum atomic E-state index is 0.805. The summed E-state index contributed by atoms with van der Waals surface area (Å²) in [7, 11) is 0.